The maximum atomic E-state index is 9.91. The average molecular weight is 195 g/mol. The van der Waals surface area contributed by atoms with E-state index < -0.39 is 6.10 Å². The molecule has 0 aliphatic heterocycles. The fourth-order valence-electron chi connectivity index (χ4n) is 1.95. The van der Waals surface area contributed by atoms with Gasteiger partial charge in [-0.15, -0.1) is 0 Å². The Bertz CT molecular complexity index is 311. The Morgan fingerprint density at radius 3 is 2.57 bits per heavy atom. The van der Waals surface area contributed by atoms with Gasteiger partial charge in [-0.05, 0) is 32.6 Å². The standard InChI is InChI=1S/C10H17N3O/c1-5-8(6(2)13-12-5)9(11)10(14)7-3-4-7/h7,9-10,14H,3-4,11H2,1-2H3,(H,12,13). The number of hydrogen-bond donors (Lipinski definition) is 3. The zero-order valence-corrected chi connectivity index (χ0v) is 8.62. The Balaban J connectivity index is 2.20. The van der Waals surface area contributed by atoms with Gasteiger partial charge in [-0.25, -0.2) is 0 Å². The van der Waals surface area contributed by atoms with Crippen LogP contribution in [0.1, 0.15) is 35.8 Å². The second-order valence-electron chi connectivity index (χ2n) is 4.20. The number of H-pyrrole nitrogens is 1. The lowest BCUT2D eigenvalue weighted by molar-refractivity contribution is 0.122. The smallest absolute Gasteiger partial charge is 0.0762 e. The Kier molecular flexibility index (Phi) is 2.33. The van der Waals surface area contributed by atoms with E-state index in [1.807, 2.05) is 13.8 Å². The summed E-state index contributed by atoms with van der Waals surface area (Å²) in [5.41, 5.74) is 8.86. The molecule has 4 heteroatoms. The van der Waals surface area contributed by atoms with Gasteiger partial charge in [-0.1, -0.05) is 0 Å². The van der Waals surface area contributed by atoms with Gasteiger partial charge in [0, 0.05) is 11.3 Å². The van der Waals surface area contributed by atoms with E-state index in [1.54, 1.807) is 0 Å². The molecule has 2 unspecified atom stereocenters. The van der Waals surface area contributed by atoms with E-state index in [-0.39, 0.29) is 6.04 Å². The van der Waals surface area contributed by atoms with E-state index in [9.17, 15) is 5.11 Å². The van der Waals surface area contributed by atoms with Crippen molar-refractivity contribution in [2.24, 2.45) is 11.7 Å². The molecular weight excluding hydrogens is 178 g/mol. The maximum Gasteiger partial charge on any atom is 0.0762 e. The minimum absolute atomic E-state index is 0.291. The summed E-state index contributed by atoms with van der Waals surface area (Å²) < 4.78 is 0. The van der Waals surface area contributed by atoms with E-state index >= 15 is 0 Å². The predicted octanol–water partition coefficient (Wildman–Crippen LogP) is 0.797. The molecule has 1 aliphatic rings. The molecule has 1 aromatic rings. The minimum Gasteiger partial charge on any atom is -0.391 e. The number of hydrogen-bond acceptors (Lipinski definition) is 3. The number of aliphatic hydroxyl groups is 1. The van der Waals surface area contributed by atoms with Crippen molar-refractivity contribution < 1.29 is 5.11 Å². The fraction of sp³-hybridized carbons (Fsp3) is 0.700. The molecule has 78 valence electrons. The fourth-order valence-corrected chi connectivity index (χ4v) is 1.95. The summed E-state index contributed by atoms with van der Waals surface area (Å²) in [4.78, 5) is 0. The SMILES string of the molecule is Cc1n[nH]c(C)c1C(N)C(O)C1CC1. The van der Waals surface area contributed by atoms with Crippen LogP contribution < -0.4 is 5.73 Å². The summed E-state index contributed by atoms with van der Waals surface area (Å²) in [6, 6.07) is -0.291. The van der Waals surface area contributed by atoms with Crippen LogP contribution >= 0.6 is 0 Å². The highest BCUT2D eigenvalue weighted by atomic mass is 16.3. The van der Waals surface area contributed by atoms with Gasteiger partial charge in [0.2, 0.25) is 0 Å². The summed E-state index contributed by atoms with van der Waals surface area (Å²) >= 11 is 0. The van der Waals surface area contributed by atoms with Crippen molar-refractivity contribution in [3.05, 3.63) is 17.0 Å². The van der Waals surface area contributed by atoms with Crippen molar-refractivity contribution in [1.82, 2.24) is 10.2 Å². The highest BCUT2D eigenvalue weighted by Gasteiger charge is 2.35. The molecule has 2 atom stereocenters. The molecule has 0 amide bonds. The summed E-state index contributed by atoms with van der Waals surface area (Å²) in [6.45, 7) is 3.85. The second-order valence-corrected chi connectivity index (χ2v) is 4.20. The van der Waals surface area contributed by atoms with Crippen LogP contribution in [0.25, 0.3) is 0 Å². The van der Waals surface area contributed by atoms with Gasteiger partial charge >= 0.3 is 0 Å². The zero-order chi connectivity index (χ0) is 10.3. The van der Waals surface area contributed by atoms with Gasteiger partial charge in [-0.2, -0.15) is 5.10 Å². The van der Waals surface area contributed by atoms with Crippen molar-refractivity contribution in [3.8, 4) is 0 Å². The third-order valence-corrected chi connectivity index (χ3v) is 2.99. The molecule has 0 bridgehead atoms. The third-order valence-electron chi connectivity index (χ3n) is 2.99. The second kappa shape index (κ2) is 3.37. The lowest BCUT2D eigenvalue weighted by Gasteiger charge is -2.18. The van der Waals surface area contributed by atoms with Gasteiger partial charge < -0.3 is 10.8 Å². The van der Waals surface area contributed by atoms with E-state index in [2.05, 4.69) is 10.2 Å². The molecule has 4 N–H and O–H groups in total. The van der Waals surface area contributed by atoms with Crippen LogP contribution in [0, 0.1) is 19.8 Å². The number of aliphatic hydroxyl groups excluding tert-OH is 1. The average Bonchev–Trinajstić information content (AvgIpc) is 2.92. The van der Waals surface area contributed by atoms with Gasteiger partial charge in [0.15, 0.2) is 0 Å². The summed E-state index contributed by atoms with van der Waals surface area (Å²) in [7, 11) is 0. The number of aryl methyl sites for hydroxylation is 2. The monoisotopic (exact) mass is 195 g/mol. The number of aromatic amines is 1. The quantitative estimate of drug-likeness (QED) is 0.667. The van der Waals surface area contributed by atoms with Crippen LogP contribution in [-0.4, -0.2) is 21.4 Å². The topological polar surface area (TPSA) is 74.9 Å². The molecule has 0 saturated heterocycles. The number of nitrogens with one attached hydrogen (secondary N) is 1. The Labute approximate surface area is 83.5 Å². The zero-order valence-electron chi connectivity index (χ0n) is 8.62. The van der Waals surface area contributed by atoms with Crippen LogP contribution in [0.2, 0.25) is 0 Å². The summed E-state index contributed by atoms with van der Waals surface area (Å²) in [5.74, 6) is 0.402. The normalized spacial score (nSPS) is 20.9. The van der Waals surface area contributed by atoms with Gasteiger partial charge in [0.25, 0.3) is 0 Å². The van der Waals surface area contributed by atoms with Crippen molar-refractivity contribution in [2.75, 3.05) is 0 Å². The molecule has 0 aromatic carbocycles. The van der Waals surface area contributed by atoms with E-state index in [0.29, 0.717) is 5.92 Å². The summed E-state index contributed by atoms with van der Waals surface area (Å²) in [5, 5.41) is 16.9. The highest BCUT2D eigenvalue weighted by molar-refractivity contribution is 5.28. The summed E-state index contributed by atoms with van der Waals surface area (Å²) in [6.07, 6.45) is 1.79. The van der Waals surface area contributed by atoms with Crippen molar-refractivity contribution >= 4 is 0 Å². The van der Waals surface area contributed by atoms with E-state index in [1.165, 1.54) is 0 Å². The van der Waals surface area contributed by atoms with Crippen LogP contribution in [-0.2, 0) is 0 Å². The van der Waals surface area contributed by atoms with Crippen molar-refractivity contribution in [1.29, 1.82) is 0 Å². The Hall–Kier alpha value is -0.870. The molecule has 2 rings (SSSR count). The van der Waals surface area contributed by atoms with Crippen LogP contribution in [0.15, 0.2) is 0 Å². The van der Waals surface area contributed by atoms with Crippen LogP contribution in [0.4, 0.5) is 0 Å². The molecule has 1 aromatic heterocycles. The maximum absolute atomic E-state index is 9.91. The lowest BCUT2D eigenvalue weighted by atomic mass is 9.97. The highest BCUT2D eigenvalue weighted by Crippen LogP contribution is 2.38. The molecule has 1 saturated carbocycles. The van der Waals surface area contributed by atoms with Crippen LogP contribution in [0.5, 0.6) is 0 Å². The first-order chi connectivity index (χ1) is 6.61. The first kappa shape index (κ1) is 9.68. The van der Waals surface area contributed by atoms with E-state index in [4.69, 9.17) is 5.73 Å². The molecule has 0 radical (unpaired) electrons. The lowest BCUT2D eigenvalue weighted by Crippen LogP contribution is -2.28. The minimum atomic E-state index is -0.412. The number of nitrogens with two attached hydrogens (primary N) is 1. The number of aromatic nitrogens is 2. The predicted molar refractivity (Wildman–Crippen MR) is 53.7 cm³/mol. The van der Waals surface area contributed by atoms with Crippen LogP contribution in [0.3, 0.4) is 0 Å². The first-order valence-corrected chi connectivity index (χ1v) is 5.06. The van der Waals surface area contributed by atoms with E-state index in [0.717, 1.165) is 29.8 Å². The van der Waals surface area contributed by atoms with Crippen molar-refractivity contribution in [2.45, 2.75) is 38.8 Å². The molecule has 4 nitrogen and oxygen atoms in total. The first-order valence-electron chi connectivity index (χ1n) is 5.06. The molecule has 1 heterocycles. The Morgan fingerprint density at radius 2 is 2.14 bits per heavy atom. The molecule has 0 spiro atoms. The van der Waals surface area contributed by atoms with Gasteiger partial charge in [-0.3, -0.25) is 5.10 Å². The van der Waals surface area contributed by atoms with Gasteiger partial charge in [0.1, 0.15) is 0 Å². The number of nitrogens with zero attached hydrogens (tertiary/aromatic N) is 1. The number of rotatable bonds is 3. The molecule has 1 fully saturated rings. The molecule has 1 aliphatic carbocycles. The van der Waals surface area contributed by atoms with Crippen molar-refractivity contribution in [3.63, 3.8) is 0 Å². The largest absolute Gasteiger partial charge is 0.391 e. The Morgan fingerprint density at radius 1 is 1.50 bits per heavy atom. The van der Waals surface area contributed by atoms with Gasteiger partial charge in [0.05, 0.1) is 17.8 Å². The third kappa shape index (κ3) is 1.55. The molecular formula is C10H17N3O. The molecule has 14 heavy (non-hydrogen) atoms.